The number of furan rings is 1. The molecular weight excluding hydrogens is 282 g/mol. The number of anilines is 1. The summed E-state index contributed by atoms with van der Waals surface area (Å²) >= 11 is 0. The largest absolute Gasteiger partial charge is 0.459 e. The Morgan fingerprint density at radius 3 is 2.73 bits per heavy atom. The SMILES string of the molecule is Cc1cc(C#N)nc(N2CCN(C(=O)c3ccco3)CC2)n1. The van der Waals surface area contributed by atoms with Crippen molar-refractivity contribution in [1.29, 1.82) is 5.26 Å². The molecule has 3 rings (SSSR count). The summed E-state index contributed by atoms with van der Waals surface area (Å²) in [7, 11) is 0. The first-order valence-electron chi connectivity index (χ1n) is 7.01. The van der Waals surface area contributed by atoms with Gasteiger partial charge in [0.1, 0.15) is 11.8 Å². The van der Waals surface area contributed by atoms with Crippen LogP contribution in [0, 0.1) is 18.3 Å². The lowest BCUT2D eigenvalue weighted by Gasteiger charge is -2.34. The van der Waals surface area contributed by atoms with Crippen molar-refractivity contribution in [2.45, 2.75) is 6.92 Å². The molecule has 1 amide bonds. The van der Waals surface area contributed by atoms with E-state index in [1.165, 1.54) is 6.26 Å². The third-order valence-electron chi connectivity index (χ3n) is 3.54. The van der Waals surface area contributed by atoms with E-state index in [-0.39, 0.29) is 5.91 Å². The highest BCUT2D eigenvalue weighted by molar-refractivity contribution is 5.91. The molecule has 0 N–H and O–H groups in total. The van der Waals surface area contributed by atoms with E-state index in [0.717, 1.165) is 5.69 Å². The monoisotopic (exact) mass is 297 g/mol. The van der Waals surface area contributed by atoms with Crippen molar-refractivity contribution >= 4 is 11.9 Å². The topological polar surface area (TPSA) is 86.3 Å². The number of nitriles is 1. The molecule has 7 heteroatoms. The zero-order chi connectivity index (χ0) is 15.5. The smallest absolute Gasteiger partial charge is 0.289 e. The number of hydrogen-bond donors (Lipinski definition) is 0. The molecule has 0 spiro atoms. The van der Waals surface area contributed by atoms with Gasteiger partial charge in [-0.2, -0.15) is 5.26 Å². The fourth-order valence-electron chi connectivity index (χ4n) is 2.42. The van der Waals surface area contributed by atoms with Crippen LogP contribution in [-0.2, 0) is 0 Å². The van der Waals surface area contributed by atoms with Gasteiger partial charge in [0.15, 0.2) is 5.76 Å². The van der Waals surface area contributed by atoms with Crippen molar-refractivity contribution in [2.75, 3.05) is 31.1 Å². The second-order valence-corrected chi connectivity index (χ2v) is 5.06. The number of piperazine rings is 1. The summed E-state index contributed by atoms with van der Waals surface area (Å²) in [6.45, 7) is 4.22. The van der Waals surface area contributed by atoms with Crippen LogP contribution in [0.1, 0.15) is 21.9 Å². The van der Waals surface area contributed by atoms with Crippen molar-refractivity contribution in [3.05, 3.63) is 41.6 Å². The number of aromatic nitrogens is 2. The summed E-state index contributed by atoms with van der Waals surface area (Å²) in [5.74, 6) is 0.793. The van der Waals surface area contributed by atoms with Gasteiger partial charge in [-0.1, -0.05) is 0 Å². The fourth-order valence-corrected chi connectivity index (χ4v) is 2.42. The molecule has 1 aliphatic rings. The standard InChI is InChI=1S/C15H15N5O2/c1-11-9-12(10-16)18-15(17-11)20-6-4-19(5-7-20)14(21)13-3-2-8-22-13/h2-3,8-9H,4-7H2,1H3. The number of amides is 1. The van der Waals surface area contributed by atoms with Crippen LogP contribution in [0.3, 0.4) is 0 Å². The predicted octanol–water partition coefficient (Wildman–Crippen LogP) is 1.21. The van der Waals surface area contributed by atoms with Crippen molar-refractivity contribution in [3.63, 3.8) is 0 Å². The first-order chi connectivity index (χ1) is 10.7. The van der Waals surface area contributed by atoms with Crippen LogP contribution in [0.15, 0.2) is 28.9 Å². The highest BCUT2D eigenvalue weighted by Crippen LogP contribution is 2.15. The summed E-state index contributed by atoms with van der Waals surface area (Å²) in [5, 5.41) is 8.98. The van der Waals surface area contributed by atoms with Gasteiger partial charge in [0.05, 0.1) is 6.26 Å². The van der Waals surface area contributed by atoms with Crippen molar-refractivity contribution in [1.82, 2.24) is 14.9 Å². The minimum absolute atomic E-state index is 0.104. The van der Waals surface area contributed by atoms with Gasteiger partial charge in [-0.15, -0.1) is 0 Å². The highest BCUT2D eigenvalue weighted by Gasteiger charge is 2.25. The Labute approximate surface area is 127 Å². The maximum atomic E-state index is 12.2. The maximum Gasteiger partial charge on any atom is 0.289 e. The quantitative estimate of drug-likeness (QED) is 0.828. The number of rotatable bonds is 2. The van der Waals surface area contributed by atoms with E-state index in [0.29, 0.717) is 43.6 Å². The van der Waals surface area contributed by atoms with Gasteiger partial charge < -0.3 is 14.2 Å². The third-order valence-corrected chi connectivity index (χ3v) is 3.54. The van der Waals surface area contributed by atoms with Gasteiger partial charge in [0.25, 0.3) is 5.91 Å². The Bertz CT molecular complexity index is 712. The summed E-state index contributed by atoms with van der Waals surface area (Å²) in [6, 6.07) is 7.06. The number of carbonyl (C=O) groups is 1. The Kier molecular flexibility index (Phi) is 3.74. The van der Waals surface area contributed by atoms with Crippen LogP contribution in [-0.4, -0.2) is 47.0 Å². The van der Waals surface area contributed by atoms with Crippen molar-refractivity contribution in [2.24, 2.45) is 0 Å². The predicted molar refractivity (Wildman–Crippen MR) is 78.3 cm³/mol. The van der Waals surface area contributed by atoms with E-state index in [2.05, 4.69) is 9.97 Å². The zero-order valence-corrected chi connectivity index (χ0v) is 12.2. The normalized spacial score (nSPS) is 14.7. The minimum atomic E-state index is -0.104. The molecule has 0 atom stereocenters. The molecule has 2 aromatic rings. The lowest BCUT2D eigenvalue weighted by Crippen LogP contribution is -2.49. The molecule has 0 aliphatic carbocycles. The third kappa shape index (κ3) is 2.76. The molecule has 112 valence electrons. The van der Waals surface area contributed by atoms with E-state index in [1.807, 2.05) is 17.9 Å². The number of aryl methyl sites for hydroxylation is 1. The molecule has 7 nitrogen and oxygen atoms in total. The van der Waals surface area contributed by atoms with E-state index in [4.69, 9.17) is 9.68 Å². The molecule has 0 unspecified atom stereocenters. The van der Waals surface area contributed by atoms with Gasteiger partial charge in [-0.3, -0.25) is 4.79 Å². The fraction of sp³-hybridized carbons (Fsp3) is 0.333. The lowest BCUT2D eigenvalue weighted by atomic mass is 10.3. The maximum absolute atomic E-state index is 12.2. The van der Waals surface area contributed by atoms with Crippen molar-refractivity contribution < 1.29 is 9.21 Å². The molecule has 0 bridgehead atoms. The number of nitrogens with zero attached hydrogens (tertiary/aromatic N) is 5. The van der Waals surface area contributed by atoms with Crippen molar-refractivity contribution in [3.8, 4) is 6.07 Å². The average Bonchev–Trinajstić information content (AvgIpc) is 3.08. The molecule has 1 fully saturated rings. The Balaban J connectivity index is 1.68. The van der Waals surface area contributed by atoms with Gasteiger partial charge in [-0.25, -0.2) is 9.97 Å². The van der Waals surface area contributed by atoms with Gasteiger partial charge >= 0.3 is 0 Å². The van der Waals surface area contributed by atoms with Crippen LogP contribution in [0.25, 0.3) is 0 Å². The van der Waals surface area contributed by atoms with Crippen LogP contribution in [0.4, 0.5) is 5.95 Å². The molecule has 0 radical (unpaired) electrons. The average molecular weight is 297 g/mol. The second kappa shape index (κ2) is 5.85. The van der Waals surface area contributed by atoms with Crippen LogP contribution < -0.4 is 4.90 Å². The summed E-state index contributed by atoms with van der Waals surface area (Å²) in [4.78, 5) is 24.5. The molecule has 0 aromatic carbocycles. The first kappa shape index (κ1) is 14.1. The van der Waals surface area contributed by atoms with Gasteiger partial charge in [0, 0.05) is 31.9 Å². The van der Waals surface area contributed by atoms with E-state index in [9.17, 15) is 4.79 Å². The number of hydrogen-bond acceptors (Lipinski definition) is 6. The van der Waals surface area contributed by atoms with E-state index >= 15 is 0 Å². The number of carbonyl (C=O) groups excluding carboxylic acids is 1. The van der Waals surface area contributed by atoms with E-state index in [1.54, 1.807) is 23.1 Å². The Morgan fingerprint density at radius 1 is 1.32 bits per heavy atom. The van der Waals surface area contributed by atoms with E-state index < -0.39 is 0 Å². The molecule has 3 heterocycles. The zero-order valence-electron chi connectivity index (χ0n) is 12.2. The summed E-state index contributed by atoms with van der Waals surface area (Å²) in [5.41, 5.74) is 1.12. The van der Waals surface area contributed by atoms with Crippen LogP contribution in [0.2, 0.25) is 0 Å². The Hall–Kier alpha value is -2.88. The van der Waals surface area contributed by atoms with Crippen LogP contribution in [0.5, 0.6) is 0 Å². The second-order valence-electron chi connectivity index (χ2n) is 5.06. The molecule has 1 saturated heterocycles. The van der Waals surface area contributed by atoms with Crippen LogP contribution >= 0.6 is 0 Å². The minimum Gasteiger partial charge on any atom is -0.459 e. The van der Waals surface area contributed by atoms with Gasteiger partial charge in [-0.05, 0) is 25.1 Å². The molecule has 22 heavy (non-hydrogen) atoms. The molecular formula is C15H15N5O2. The summed E-state index contributed by atoms with van der Waals surface area (Å²) in [6.07, 6.45) is 1.49. The highest BCUT2D eigenvalue weighted by atomic mass is 16.3. The molecule has 1 aliphatic heterocycles. The van der Waals surface area contributed by atoms with Gasteiger partial charge in [0.2, 0.25) is 5.95 Å². The molecule has 2 aromatic heterocycles. The first-order valence-corrected chi connectivity index (χ1v) is 7.01. The Morgan fingerprint density at radius 2 is 2.09 bits per heavy atom. The lowest BCUT2D eigenvalue weighted by molar-refractivity contribution is 0.0714. The molecule has 0 saturated carbocycles. The summed E-state index contributed by atoms with van der Waals surface area (Å²) < 4.78 is 5.14.